The van der Waals surface area contributed by atoms with E-state index in [0.29, 0.717) is 0 Å². The smallest absolute Gasteiger partial charge is 0.177 e. The van der Waals surface area contributed by atoms with Crippen LogP contribution in [0.15, 0.2) is 6.20 Å². The Bertz CT molecular complexity index is 460. The van der Waals surface area contributed by atoms with Gasteiger partial charge in [-0.2, -0.15) is 0 Å². The molecule has 2 rings (SSSR count). The molecule has 3 nitrogen and oxygen atoms in total. The van der Waals surface area contributed by atoms with Crippen LogP contribution in [0.25, 0.3) is 0 Å². The van der Waals surface area contributed by atoms with Crippen molar-refractivity contribution in [3.05, 3.63) is 16.7 Å². The third-order valence-corrected chi connectivity index (χ3v) is 4.60. The van der Waals surface area contributed by atoms with E-state index in [1.54, 1.807) is 0 Å². The molecule has 1 N–H and O–H groups in total. The Morgan fingerprint density at radius 2 is 2.00 bits per heavy atom. The molecule has 1 aliphatic carbocycles. The molecular weight excluding hydrogens is 254 g/mol. The molecule has 4 heteroatoms. The van der Waals surface area contributed by atoms with Gasteiger partial charge in [0, 0.05) is 36.4 Å². The Kier molecular flexibility index (Phi) is 4.51. The number of nitrogens with zero attached hydrogens (tertiary/aromatic N) is 2. The molecule has 0 spiro atoms. The highest BCUT2D eigenvalue weighted by molar-refractivity contribution is 7.71. The summed E-state index contributed by atoms with van der Waals surface area (Å²) in [5.74, 6) is 0. The largest absolute Gasteiger partial charge is 0.337 e. The first-order valence-corrected chi connectivity index (χ1v) is 7.79. The summed E-state index contributed by atoms with van der Waals surface area (Å²) in [5, 5.41) is 0. The number of H-pyrrole nitrogens is 1. The van der Waals surface area contributed by atoms with Crippen LogP contribution < -0.4 is 0 Å². The van der Waals surface area contributed by atoms with Crippen LogP contribution in [-0.2, 0) is 12.0 Å². The molecule has 1 heterocycles. The molecule has 0 radical (unpaired) electrons. The zero-order chi connectivity index (χ0) is 14.0. The molecule has 1 saturated carbocycles. The zero-order valence-corrected chi connectivity index (χ0v) is 13.5. The SMILES string of the molecule is CN(CCn1c(C(C)(C)C)c[nH]c1=S)C1CCCC1. The van der Waals surface area contributed by atoms with E-state index >= 15 is 0 Å². The monoisotopic (exact) mass is 281 g/mol. The molecule has 1 fully saturated rings. The van der Waals surface area contributed by atoms with Crippen LogP contribution >= 0.6 is 12.2 Å². The molecule has 1 aliphatic rings. The normalized spacial score (nSPS) is 17.5. The van der Waals surface area contributed by atoms with E-state index in [0.717, 1.165) is 23.9 Å². The second-order valence-corrected chi connectivity index (χ2v) is 7.19. The Labute approximate surface area is 122 Å². The third-order valence-electron chi connectivity index (χ3n) is 4.26. The van der Waals surface area contributed by atoms with E-state index in [9.17, 15) is 0 Å². The number of aromatic nitrogens is 2. The van der Waals surface area contributed by atoms with Crippen LogP contribution in [0, 0.1) is 4.77 Å². The minimum atomic E-state index is 0.138. The maximum Gasteiger partial charge on any atom is 0.177 e. The minimum absolute atomic E-state index is 0.138. The van der Waals surface area contributed by atoms with Crippen LogP contribution in [0.4, 0.5) is 0 Å². The molecule has 0 unspecified atom stereocenters. The highest BCUT2D eigenvalue weighted by atomic mass is 32.1. The van der Waals surface area contributed by atoms with E-state index < -0.39 is 0 Å². The van der Waals surface area contributed by atoms with Crippen molar-refractivity contribution in [1.82, 2.24) is 14.5 Å². The van der Waals surface area contributed by atoms with Crippen molar-refractivity contribution in [1.29, 1.82) is 0 Å². The lowest BCUT2D eigenvalue weighted by Crippen LogP contribution is -2.33. The van der Waals surface area contributed by atoms with Gasteiger partial charge in [-0.05, 0) is 32.1 Å². The maximum atomic E-state index is 5.42. The molecule has 0 aliphatic heterocycles. The van der Waals surface area contributed by atoms with Gasteiger partial charge in [-0.3, -0.25) is 0 Å². The second-order valence-electron chi connectivity index (χ2n) is 6.80. The lowest BCUT2D eigenvalue weighted by molar-refractivity contribution is 0.234. The first-order chi connectivity index (χ1) is 8.89. The van der Waals surface area contributed by atoms with Crippen molar-refractivity contribution >= 4 is 12.2 Å². The van der Waals surface area contributed by atoms with Gasteiger partial charge in [0.15, 0.2) is 4.77 Å². The van der Waals surface area contributed by atoms with Crippen LogP contribution in [0.2, 0.25) is 0 Å². The number of nitrogens with one attached hydrogen (secondary N) is 1. The third kappa shape index (κ3) is 3.48. The fraction of sp³-hybridized carbons (Fsp3) is 0.800. The highest BCUT2D eigenvalue weighted by Gasteiger charge is 2.22. The van der Waals surface area contributed by atoms with Crippen molar-refractivity contribution in [3.8, 4) is 0 Å². The molecule has 1 aromatic heterocycles. The van der Waals surface area contributed by atoms with Crippen LogP contribution in [0.5, 0.6) is 0 Å². The number of aromatic amines is 1. The van der Waals surface area contributed by atoms with Crippen molar-refractivity contribution in [3.63, 3.8) is 0 Å². The van der Waals surface area contributed by atoms with E-state index in [2.05, 4.69) is 48.5 Å². The quantitative estimate of drug-likeness (QED) is 0.851. The Balaban J connectivity index is 2.03. The minimum Gasteiger partial charge on any atom is -0.337 e. The summed E-state index contributed by atoms with van der Waals surface area (Å²) in [4.78, 5) is 5.70. The molecule has 0 bridgehead atoms. The summed E-state index contributed by atoms with van der Waals surface area (Å²) in [5.41, 5.74) is 1.44. The van der Waals surface area contributed by atoms with Gasteiger partial charge in [0.1, 0.15) is 0 Å². The number of rotatable bonds is 4. The molecule has 0 aromatic carbocycles. The van der Waals surface area contributed by atoms with Gasteiger partial charge >= 0.3 is 0 Å². The van der Waals surface area contributed by atoms with Crippen LogP contribution in [0.1, 0.15) is 52.1 Å². The van der Waals surface area contributed by atoms with Gasteiger partial charge in [-0.25, -0.2) is 0 Å². The predicted octanol–water partition coefficient (Wildman–Crippen LogP) is 3.72. The summed E-state index contributed by atoms with van der Waals surface area (Å²) in [6.07, 6.45) is 7.58. The molecule has 0 atom stereocenters. The van der Waals surface area contributed by atoms with Gasteiger partial charge in [0.05, 0.1) is 0 Å². The zero-order valence-electron chi connectivity index (χ0n) is 12.7. The molecule has 0 saturated heterocycles. The van der Waals surface area contributed by atoms with Crippen molar-refractivity contribution in [2.24, 2.45) is 0 Å². The van der Waals surface area contributed by atoms with Crippen molar-refractivity contribution in [2.45, 2.75) is 64.5 Å². The summed E-state index contributed by atoms with van der Waals surface area (Å²) in [6.45, 7) is 8.79. The average molecular weight is 281 g/mol. The summed E-state index contributed by atoms with van der Waals surface area (Å²) in [6, 6.07) is 0.784. The molecule has 108 valence electrons. The topological polar surface area (TPSA) is 24.0 Å². The van der Waals surface area contributed by atoms with Crippen LogP contribution in [0.3, 0.4) is 0 Å². The number of hydrogen-bond acceptors (Lipinski definition) is 2. The van der Waals surface area contributed by atoms with Gasteiger partial charge in [-0.15, -0.1) is 0 Å². The van der Waals surface area contributed by atoms with Gasteiger partial charge in [-0.1, -0.05) is 33.6 Å². The summed E-state index contributed by atoms with van der Waals surface area (Å²) in [7, 11) is 2.25. The van der Waals surface area contributed by atoms with Crippen molar-refractivity contribution < 1.29 is 0 Å². The summed E-state index contributed by atoms with van der Waals surface area (Å²) >= 11 is 5.42. The van der Waals surface area contributed by atoms with E-state index in [4.69, 9.17) is 12.2 Å². The van der Waals surface area contributed by atoms with Gasteiger partial charge < -0.3 is 14.5 Å². The maximum absolute atomic E-state index is 5.42. The molecule has 19 heavy (non-hydrogen) atoms. The van der Waals surface area contributed by atoms with Crippen molar-refractivity contribution in [2.75, 3.05) is 13.6 Å². The number of hydrogen-bond donors (Lipinski definition) is 1. The number of imidazole rings is 1. The Morgan fingerprint density at radius 1 is 1.37 bits per heavy atom. The highest BCUT2D eigenvalue weighted by Crippen LogP contribution is 2.24. The van der Waals surface area contributed by atoms with E-state index in [-0.39, 0.29) is 5.41 Å². The van der Waals surface area contributed by atoms with E-state index in [1.807, 2.05) is 0 Å². The first-order valence-electron chi connectivity index (χ1n) is 7.38. The second kappa shape index (κ2) is 5.80. The Hall–Kier alpha value is -0.610. The van der Waals surface area contributed by atoms with E-state index in [1.165, 1.54) is 31.4 Å². The van der Waals surface area contributed by atoms with Gasteiger partial charge in [0.25, 0.3) is 0 Å². The average Bonchev–Trinajstić information content (AvgIpc) is 2.94. The lowest BCUT2D eigenvalue weighted by Gasteiger charge is -2.26. The predicted molar refractivity (Wildman–Crippen MR) is 83.2 cm³/mol. The molecule has 1 aromatic rings. The van der Waals surface area contributed by atoms with Crippen LogP contribution in [-0.4, -0.2) is 34.1 Å². The standard InChI is InChI=1S/C15H27N3S/c1-15(2,3)13-11-16-14(19)18(13)10-9-17(4)12-7-5-6-8-12/h11-12H,5-10H2,1-4H3,(H,16,19). The summed E-state index contributed by atoms with van der Waals surface area (Å²) < 4.78 is 3.12. The lowest BCUT2D eigenvalue weighted by atomic mass is 9.92. The fourth-order valence-corrected chi connectivity index (χ4v) is 3.27. The molecular formula is C15H27N3S. The molecule has 0 amide bonds. The first kappa shape index (κ1) is 14.8. The number of likely N-dealkylation sites (N-methyl/N-ethyl adjacent to an activating group) is 1. The van der Waals surface area contributed by atoms with Gasteiger partial charge in [0.2, 0.25) is 0 Å². The fourth-order valence-electron chi connectivity index (χ4n) is 3.02. The Morgan fingerprint density at radius 3 is 2.58 bits per heavy atom.